The van der Waals surface area contributed by atoms with Gasteiger partial charge in [0.05, 0.1) is 5.92 Å². The van der Waals surface area contributed by atoms with Crippen LogP contribution in [-0.2, 0) is 4.79 Å². The standard InChI is InChI=1S/C16H26N2O/c1-10(18-15(19)14-8-17-9-14)16-5-11-2-12(6-16)4-13(3-11)7-16/h10-14,17H,2-9H2,1H3,(H,18,19). The second-order valence-corrected chi connectivity index (χ2v) is 7.87. The molecule has 106 valence electrons. The molecular weight excluding hydrogens is 236 g/mol. The van der Waals surface area contributed by atoms with Gasteiger partial charge in [0.1, 0.15) is 0 Å². The molecule has 5 rings (SSSR count). The average molecular weight is 262 g/mol. The van der Waals surface area contributed by atoms with E-state index in [9.17, 15) is 4.79 Å². The summed E-state index contributed by atoms with van der Waals surface area (Å²) in [6, 6.07) is 0.383. The molecule has 1 unspecified atom stereocenters. The summed E-state index contributed by atoms with van der Waals surface area (Å²) in [6.45, 7) is 4.02. The molecule has 1 amide bonds. The third-order valence-corrected chi connectivity index (χ3v) is 6.52. The van der Waals surface area contributed by atoms with E-state index in [-0.39, 0.29) is 5.92 Å². The van der Waals surface area contributed by atoms with Crippen LogP contribution in [0.5, 0.6) is 0 Å². The summed E-state index contributed by atoms with van der Waals surface area (Å²) >= 11 is 0. The molecule has 4 aliphatic carbocycles. The molecule has 1 heterocycles. The van der Waals surface area contributed by atoms with Crippen molar-refractivity contribution < 1.29 is 4.79 Å². The minimum Gasteiger partial charge on any atom is -0.353 e. The molecular formula is C16H26N2O. The first-order valence-corrected chi connectivity index (χ1v) is 8.16. The lowest BCUT2D eigenvalue weighted by Gasteiger charge is -2.59. The van der Waals surface area contributed by atoms with Crippen LogP contribution in [0.25, 0.3) is 0 Å². The molecule has 4 bridgehead atoms. The Morgan fingerprint density at radius 1 is 1.11 bits per heavy atom. The summed E-state index contributed by atoms with van der Waals surface area (Å²) < 4.78 is 0. The molecule has 0 spiro atoms. The molecule has 0 aromatic carbocycles. The van der Waals surface area contributed by atoms with Crippen LogP contribution in [0, 0.1) is 29.1 Å². The van der Waals surface area contributed by atoms with Crippen molar-refractivity contribution in [1.82, 2.24) is 10.6 Å². The van der Waals surface area contributed by atoms with Crippen LogP contribution in [0.2, 0.25) is 0 Å². The van der Waals surface area contributed by atoms with Gasteiger partial charge >= 0.3 is 0 Å². The first-order chi connectivity index (χ1) is 9.14. The van der Waals surface area contributed by atoms with Crippen molar-refractivity contribution in [3.8, 4) is 0 Å². The van der Waals surface area contributed by atoms with Crippen molar-refractivity contribution >= 4 is 5.91 Å². The maximum Gasteiger partial charge on any atom is 0.225 e. The van der Waals surface area contributed by atoms with E-state index < -0.39 is 0 Å². The number of hydrogen-bond acceptors (Lipinski definition) is 2. The number of amides is 1. The Morgan fingerprint density at radius 2 is 1.63 bits per heavy atom. The van der Waals surface area contributed by atoms with Crippen LogP contribution in [-0.4, -0.2) is 25.0 Å². The summed E-state index contributed by atoms with van der Waals surface area (Å²) in [5.41, 5.74) is 0.446. The lowest BCUT2D eigenvalue weighted by molar-refractivity contribution is -0.131. The minimum atomic E-state index is 0.233. The maximum absolute atomic E-state index is 12.2. The largest absolute Gasteiger partial charge is 0.353 e. The molecule has 4 saturated carbocycles. The summed E-state index contributed by atoms with van der Waals surface area (Å²) in [5, 5.41) is 6.55. The molecule has 0 aromatic rings. The van der Waals surface area contributed by atoms with E-state index in [0.717, 1.165) is 30.8 Å². The minimum absolute atomic E-state index is 0.233. The van der Waals surface area contributed by atoms with Gasteiger partial charge in [-0.25, -0.2) is 0 Å². The third kappa shape index (κ3) is 1.93. The van der Waals surface area contributed by atoms with E-state index in [4.69, 9.17) is 0 Å². The van der Waals surface area contributed by atoms with Crippen molar-refractivity contribution in [2.45, 2.75) is 51.5 Å². The van der Waals surface area contributed by atoms with Gasteiger partial charge in [0.2, 0.25) is 5.91 Å². The van der Waals surface area contributed by atoms with Gasteiger partial charge in [0.25, 0.3) is 0 Å². The Hall–Kier alpha value is -0.570. The van der Waals surface area contributed by atoms with Crippen molar-refractivity contribution in [1.29, 1.82) is 0 Å². The van der Waals surface area contributed by atoms with Crippen molar-refractivity contribution in [2.24, 2.45) is 29.1 Å². The van der Waals surface area contributed by atoms with Gasteiger partial charge in [0, 0.05) is 19.1 Å². The van der Waals surface area contributed by atoms with Gasteiger partial charge in [-0.3, -0.25) is 4.79 Å². The molecule has 3 heteroatoms. The predicted molar refractivity (Wildman–Crippen MR) is 74.6 cm³/mol. The van der Waals surface area contributed by atoms with Crippen LogP contribution in [0.15, 0.2) is 0 Å². The van der Waals surface area contributed by atoms with E-state index in [2.05, 4.69) is 17.6 Å². The lowest BCUT2D eigenvalue weighted by atomic mass is 9.48. The van der Waals surface area contributed by atoms with Gasteiger partial charge in [-0.05, 0) is 68.6 Å². The maximum atomic E-state index is 12.2. The molecule has 3 nitrogen and oxygen atoms in total. The first kappa shape index (κ1) is 12.2. The van der Waals surface area contributed by atoms with E-state index in [0.29, 0.717) is 17.4 Å². The van der Waals surface area contributed by atoms with Gasteiger partial charge in [-0.2, -0.15) is 0 Å². The monoisotopic (exact) mass is 262 g/mol. The predicted octanol–water partition coefficient (Wildman–Crippen LogP) is 1.93. The molecule has 2 N–H and O–H groups in total. The van der Waals surface area contributed by atoms with Crippen molar-refractivity contribution in [3.05, 3.63) is 0 Å². The third-order valence-electron chi connectivity index (χ3n) is 6.52. The number of hydrogen-bond donors (Lipinski definition) is 2. The number of carbonyl (C=O) groups excluding carboxylic acids is 1. The van der Waals surface area contributed by atoms with Gasteiger partial charge < -0.3 is 10.6 Å². The first-order valence-electron chi connectivity index (χ1n) is 8.16. The van der Waals surface area contributed by atoms with Gasteiger partial charge in [-0.1, -0.05) is 0 Å². The van der Waals surface area contributed by atoms with Crippen molar-refractivity contribution in [3.63, 3.8) is 0 Å². The molecule has 19 heavy (non-hydrogen) atoms. The second kappa shape index (κ2) is 4.21. The number of rotatable bonds is 3. The van der Waals surface area contributed by atoms with E-state index in [1.165, 1.54) is 38.5 Å². The van der Waals surface area contributed by atoms with Crippen LogP contribution >= 0.6 is 0 Å². The fourth-order valence-electron chi connectivity index (χ4n) is 5.67. The van der Waals surface area contributed by atoms with Gasteiger partial charge in [-0.15, -0.1) is 0 Å². The second-order valence-electron chi connectivity index (χ2n) is 7.87. The fourth-order valence-corrected chi connectivity index (χ4v) is 5.67. The van der Waals surface area contributed by atoms with E-state index >= 15 is 0 Å². The zero-order valence-corrected chi connectivity index (χ0v) is 12.0. The summed E-state index contributed by atoms with van der Waals surface area (Å²) in [4.78, 5) is 12.2. The highest BCUT2D eigenvalue weighted by Crippen LogP contribution is 2.61. The fraction of sp³-hybridized carbons (Fsp3) is 0.938. The Morgan fingerprint density at radius 3 is 2.05 bits per heavy atom. The normalized spacial score (nSPS) is 45.8. The smallest absolute Gasteiger partial charge is 0.225 e. The SMILES string of the molecule is CC(NC(=O)C1CNC1)C12CC3CC(CC(C3)C1)C2. The van der Waals surface area contributed by atoms with Crippen molar-refractivity contribution in [2.75, 3.05) is 13.1 Å². The molecule has 1 aliphatic heterocycles. The topological polar surface area (TPSA) is 41.1 Å². The average Bonchev–Trinajstić information content (AvgIpc) is 2.24. The molecule has 1 atom stereocenters. The highest BCUT2D eigenvalue weighted by molar-refractivity contribution is 5.80. The quantitative estimate of drug-likeness (QED) is 0.816. The van der Waals surface area contributed by atoms with E-state index in [1.54, 1.807) is 0 Å². The van der Waals surface area contributed by atoms with Gasteiger partial charge in [0.15, 0.2) is 0 Å². The Kier molecular flexibility index (Phi) is 2.70. The zero-order valence-electron chi connectivity index (χ0n) is 12.0. The van der Waals surface area contributed by atoms with E-state index in [1.807, 2.05) is 0 Å². The number of nitrogens with one attached hydrogen (secondary N) is 2. The molecule has 0 radical (unpaired) electrons. The van der Waals surface area contributed by atoms with Crippen LogP contribution < -0.4 is 10.6 Å². The summed E-state index contributed by atoms with van der Waals surface area (Å²) in [6.07, 6.45) is 8.57. The Bertz CT molecular complexity index is 353. The Balaban J connectivity index is 1.46. The molecule has 1 saturated heterocycles. The molecule has 5 fully saturated rings. The lowest BCUT2D eigenvalue weighted by Crippen LogP contribution is -2.59. The molecule has 0 aromatic heterocycles. The zero-order chi connectivity index (χ0) is 13.0. The number of carbonyl (C=O) groups is 1. The summed E-state index contributed by atoms with van der Waals surface area (Å²) in [7, 11) is 0. The van der Waals surface area contributed by atoms with Crippen LogP contribution in [0.3, 0.4) is 0 Å². The highest BCUT2D eigenvalue weighted by atomic mass is 16.2. The highest BCUT2D eigenvalue weighted by Gasteiger charge is 2.53. The molecule has 5 aliphatic rings. The Labute approximate surface area is 115 Å². The van der Waals surface area contributed by atoms with Crippen LogP contribution in [0.1, 0.15) is 45.4 Å². The summed E-state index contributed by atoms with van der Waals surface area (Å²) in [5.74, 6) is 3.43. The van der Waals surface area contributed by atoms with Crippen LogP contribution in [0.4, 0.5) is 0 Å².